The van der Waals surface area contributed by atoms with Gasteiger partial charge in [0.25, 0.3) is 5.91 Å². The summed E-state index contributed by atoms with van der Waals surface area (Å²) in [5.41, 5.74) is 0.213. The van der Waals surface area contributed by atoms with Gasteiger partial charge in [0.2, 0.25) is 0 Å². The molecule has 1 aromatic heterocycles. The Labute approximate surface area is 136 Å². The van der Waals surface area contributed by atoms with E-state index in [9.17, 15) is 4.79 Å². The number of aromatic nitrogens is 1. The molecule has 1 fully saturated rings. The topological polar surface area (TPSA) is 42.0 Å². The predicted octanol–water partition coefficient (Wildman–Crippen LogP) is 4.58. The van der Waals surface area contributed by atoms with Gasteiger partial charge in [-0.1, -0.05) is 50.4 Å². The molecule has 3 unspecified atom stereocenters. The van der Waals surface area contributed by atoms with Crippen LogP contribution in [0.25, 0.3) is 0 Å². The van der Waals surface area contributed by atoms with Gasteiger partial charge in [-0.3, -0.25) is 4.79 Å². The average Bonchev–Trinajstić information content (AvgIpc) is 2.41. The summed E-state index contributed by atoms with van der Waals surface area (Å²) in [4.78, 5) is 16.5. The normalized spacial score (nSPS) is 25.9. The summed E-state index contributed by atoms with van der Waals surface area (Å²) in [6.07, 6.45) is 3.39. The zero-order valence-electron chi connectivity index (χ0n) is 12.7. The van der Waals surface area contributed by atoms with Crippen molar-refractivity contribution in [3.63, 3.8) is 0 Å². The number of rotatable bonds is 3. The molecule has 0 spiro atoms. The van der Waals surface area contributed by atoms with Crippen molar-refractivity contribution in [1.82, 2.24) is 10.3 Å². The number of hydrogen-bond acceptors (Lipinski definition) is 2. The van der Waals surface area contributed by atoms with Gasteiger partial charge in [-0.25, -0.2) is 4.98 Å². The summed E-state index contributed by atoms with van der Waals surface area (Å²) < 4.78 is 0. The third-order valence-corrected chi connectivity index (χ3v) is 4.88. The van der Waals surface area contributed by atoms with Crippen LogP contribution in [0, 0.1) is 17.8 Å². The van der Waals surface area contributed by atoms with E-state index in [1.807, 2.05) is 0 Å². The van der Waals surface area contributed by atoms with Crippen LogP contribution < -0.4 is 5.32 Å². The van der Waals surface area contributed by atoms with Gasteiger partial charge in [0.15, 0.2) is 0 Å². The van der Waals surface area contributed by atoms with Crippen LogP contribution in [0.15, 0.2) is 12.1 Å². The summed E-state index contributed by atoms with van der Waals surface area (Å²) in [6.45, 7) is 6.66. The minimum Gasteiger partial charge on any atom is -0.348 e. The van der Waals surface area contributed by atoms with E-state index in [0.717, 1.165) is 12.8 Å². The fraction of sp³-hybridized carbons (Fsp3) is 0.625. The van der Waals surface area contributed by atoms with Gasteiger partial charge in [-0.05, 0) is 42.7 Å². The van der Waals surface area contributed by atoms with Crippen LogP contribution in [-0.4, -0.2) is 16.9 Å². The van der Waals surface area contributed by atoms with Crippen LogP contribution in [0.1, 0.15) is 50.5 Å². The first-order valence-corrected chi connectivity index (χ1v) is 8.27. The molecule has 1 saturated carbocycles. The number of nitrogens with zero attached hydrogens (tertiary/aromatic N) is 1. The maximum atomic E-state index is 12.4. The number of carbonyl (C=O) groups excluding carboxylic acids is 1. The summed E-state index contributed by atoms with van der Waals surface area (Å²) >= 11 is 11.9. The Kier molecular flexibility index (Phi) is 5.50. The van der Waals surface area contributed by atoms with E-state index in [0.29, 0.717) is 22.8 Å². The minimum atomic E-state index is -0.229. The zero-order chi connectivity index (χ0) is 15.6. The van der Waals surface area contributed by atoms with Crippen molar-refractivity contribution >= 4 is 29.1 Å². The lowest BCUT2D eigenvalue weighted by Gasteiger charge is -2.37. The number of hydrogen-bond donors (Lipinski definition) is 1. The first-order valence-electron chi connectivity index (χ1n) is 7.51. The van der Waals surface area contributed by atoms with Crippen molar-refractivity contribution in [1.29, 1.82) is 0 Å². The second-order valence-electron chi connectivity index (χ2n) is 6.37. The standard InChI is InChI=1S/C16H22Cl2N2O/c1-9(2)11-5-4-10(3)8-13(11)19-16(21)15-12(17)6-7-14(18)20-15/h6-7,9-11,13H,4-5,8H2,1-3H3,(H,19,21). The van der Waals surface area contributed by atoms with E-state index in [4.69, 9.17) is 23.2 Å². The molecule has 1 N–H and O–H groups in total. The number of nitrogens with one attached hydrogen (secondary N) is 1. The van der Waals surface area contributed by atoms with Gasteiger partial charge in [0.1, 0.15) is 10.8 Å². The van der Waals surface area contributed by atoms with Crippen LogP contribution in [0.4, 0.5) is 0 Å². The first kappa shape index (κ1) is 16.6. The number of amides is 1. The SMILES string of the molecule is CC1CCC(C(C)C)C(NC(=O)c2nc(Cl)ccc2Cl)C1. The van der Waals surface area contributed by atoms with Crippen LogP contribution in [0.2, 0.25) is 10.2 Å². The highest BCUT2D eigenvalue weighted by atomic mass is 35.5. The molecular formula is C16H22Cl2N2O. The summed E-state index contributed by atoms with van der Waals surface area (Å²) in [5.74, 6) is 1.45. The Morgan fingerprint density at radius 3 is 2.71 bits per heavy atom. The van der Waals surface area contributed by atoms with E-state index >= 15 is 0 Å². The second-order valence-corrected chi connectivity index (χ2v) is 7.16. The highest BCUT2D eigenvalue weighted by Gasteiger charge is 2.32. The molecule has 1 aliphatic rings. The van der Waals surface area contributed by atoms with E-state index in [1.54, 1.807) is 12.1 Å². The van der Waals surface area contributed by atoms with E-state index in [-0.39, 0.29) is 22.8 Å². The predicted molar refractivity (Wildman–Crippen MR) is 86.9 cm³/mol. The van der Waals surface area contributed by atoms with Gasteiger partial charge in [0.05, 0.1) is 5.02 Å². The molecule has 1 amide bonds. The number of carbonyl (C=O) groups is 1. The first-order chi connectivity index (χ1) is 9.88. The van der Waals surface area contributed by atoms with Crippen molar-refractivity contribution in [2.24, 2.45) is 17.8 Å². The van der Waals surface area contributed by atoms with Crippen molar-refractivity contribution in [3.8, 4) is 0 Å². The molecular weight excluding hydrogens is 307 g/mol. The average molecular weight is 329 g/mol. The molecule has 0 aromatic carbocycles. The molecule has 5 heteroatoms. The number of halogens is 2. The Morgan fingerprint density at radius 1 is 1.33 bits per heavy atom. The Morgan fingerprint density at radius 2 is 2.05 bits per heavy atom. The van der Waals surface area contributed by atoms with Crippen molar-refractivity contribution in [2.45, 2.75) is 46.1 Å². The van der Waals surface area contributed by atoms with Crippen LogP contribution in [0.3, 0.4) is 0 Å². The fourth-order valence-corrected chi connectivity index (χ4v) is 3.52. The Balaban J connectivity index is 2.14. The highest BCUT2D eigenvalue weighted by molar-refractivity contribution is 6.34. The fourth-order valence-electron chi connectivity index (χ4n) is 3.18. The monoisotopic (exact) mass is 328 g/mol. The largest absolute Gasteiger partial charge is 0.348 e. The van der Waals surface area contributed by atoms with Crippen molar-refractivity contribution in [3.05, 3.63) is 28.0 Å². The molecule has 0 radical (unpaired) electrons. The quantitative estimate of drug-likeness (QED) is 0.825. The smallest absolute Gasteiger partial charge is 0.271 e. The molecule has 0 aliphatic heterocycles. The Bertz CT molecular complexity index is 519. The molecule has 3 atom stereocenters. The van der Waals surface area contributed by atoms with E-state index < -0.39 is 0 Å². The third kappa shape index (κ3) is 4.10. The van der Waals surface area contributed by atoms with Gasteiger partial charge < -0.3 is 5.32 Å². The zero-order valence-corrected chi connectivity index (χ0v) is 14.2. The highest BCUT2D eigenvalue weighted by Crippen LogP contribution is 2.33. The summed E-state index contributed by atoms with van der Waals surface area (Å²) in [5, 5.41) is 3.74. The molecule has 1 aromatic rings. The van der Waals surface area contributed by atoms with Crippen molar-refractivity contribution in [2.75, 3.05) is 0 Å². The molecule has 3 nitrogen and oxygen atoms in total. The summed E-state index contributed by atoms with van der Waals surface area (Å²) in [7, 11) is 0. The molecule has 1 aliphatic carbocycles. The van der Waals surface area contributed by atoms with E-state index in [1.165, 1.54) is 6.42 Å². The van der Waals surface area contributed by atoms with Gasteiger partial charge in [-0.15, -0.1) is 0 Å². The molecule has 21 heavy (non-hydrogen) atoms. The lowest BCUT2D eigenvalue weighted by atomic mass is 9.74. The van der Waals surface area contributed by atoms with E-state index in [2.05, 4.69) is 31.1 Å². The molecule has 2 rings (SSSR count). The third-order valence-electron chi connectivity index (χ3n) is 4.37. The van der Waals surface area contributed by atoms with Crippen LogP contribution >= 0.6 is 23.2 Å². The van der Waals surface area contributed by atoms with Gasteiger partial charge >= 0.3 is 0 Å². The minimum absolute atomic E-state index is 0.179. The van der Waals surface area contributed by atoms with Crippen LogP contribution in [0.5, 0.6) is 0 Å². The second kappa shape index (κ2) is 6.97. The van der Waals surface area contributed by atoms with Crippen molar-refractivity contribution < 1.29 is 4.79 Å². The molecule has 1 heterocycles. The molecule has 0 bridgehead atoms. The Hall–Kier alpha value is -0.800. The molecule has 116 valence electrons. The molecule has 0 saturated heterocycles. The lowest BCUT2D eigenvalue weighted by molar-refractivity contribution is 0.0863. The van der Waals surface area contributed by atoms with Crippen LogP contribution in [-0.2, 0) is 0 Å². The lowest BCUT2D eigenvalue weighted by Crippen LogP contribution is -2.45. The number of pyridine rings is 1. The van der Waals surface area contributed by atoms with Gasteiger partial charge in [-0.2, -0.15) is 0 Å². The maximum Gasteiger partial charge on any atom is 0.271 e. The maximum absolute atomic E-state index is 12.4. The summed E-state index contributed by atoms with van der Waals surface area (Å²) in [6, 6.07) is 3.37. The van der Waals surface area contributed by atoms with Gasteiger partial charge in [0, 0.05) is 6.04 Å².